The Bertz CT molecular complexity index is 956. The molecule has 0 aromatic heterocycles. The van der Waals surface area contributed by atoms with Crippen LogP contribution in [0.4, 0.5) is 0 Å². The zero-order valence-electron chi connectivity index (χ0n) is 24.1. The standard InChI is InChI=1S/C30H45N3O6/c1-6-7-8-9-10-11-18-33(19-16-31-29(34)23-12-14-25(36-2)27(21-23)38-4)20-17-32-30(35)24-13-15-26(37-3)28(22-24)39-5/h12-15,21-22H,6-11,16-20H2,1-5H3,(H,31,34)(H,32,35). The Labute approximate surface area is 233 Å². The van der Waals surface area contributed by atoms with Gasteiger partial charge in [-0.25, -0.2) is 0 Å². The van der Waals surface area contributed by atoms with E-state index in [9.17, 15) is 9.59 Å². The van der Waals surface area contributed by atoms with E-state index >= 15 is 0 Å². The zero-order chi connectivity index (χ0) is 28.5. The van der Waals surface area contributed by atoms with Gasteiger partial charge in [0.1, 0.15) is 0 Å². The van der Waals surface area contributed by atoms with Gasteiger partial charge in [-0.1, -0.05) is 39.0 Å². The van der Waals surface area contributed by atoms with Crippen LogP contribution < -0.4 is 29.6 Å². The van der Waals surface area contributed by atoms with Crippen LogP contribution in [0.25, 0.3) is 0 Å². The maximum Gasteiger partial charge on any atom is 0.251 e. The Morgan fingerprint density at radius 2 is 1.05 bits per heavy atom. The summed E-state index contributed by atoms with van der Waals surface area (Å²) in [6.07, 6.45) is 7.25. The Kier molecular flexibility index (Phi) is 14.6. The molecular weight excluding hydrogens is 498 g/mol. The van der Waals surface area contributed by atoms with Crippen LogP contribution in [0.5, 0.6) is 23.0 Å². The van der Waals surface area contributed by atoms with Crippen molar-refractivity contribution in [2.24, 2.45) is 0 Å². The van der Waals surface area contributed by atoms with Crippen molar-refractivity contribution in [2.45, 2.75) is 45.4 Å². The molecule has 0 aliphatic rings. The number of ether oxygens (including phenoxy) is 4. The number of nitrogens with one attached hydrogen (secondary N) is 2. The van der Waals surface area contributed by atoms with Crippen LogP contribution in [0.1, 0.15) is 66.2 Å². The van der Waals surface area contributed by atoms with Crippen molar-refractivity contribution in [1.82, 2.24) is 15.5 Å². The predicted molar refractivity (Wildman–Crippen MR) is 154 cm³/mol. The fourth-order valence-corrected chi connectivity index (χ4v) is 4.27. The quantitative estimate of drug-likeness (QED) is 0.251. The van der Waals surface area contributed by atoms with Crippen molar-refractivity contribution in [1.29, 1.82) is 0 Å². The molecule has 0 spiro atoms. The number of unbranched alkanes of at least 4 members (excludes halogenated alkanes) is 5. The van der Waals surface area contributed by atoms with Crippen LogP contribution in [0.15, 0.2) is 36.4 Å². The molecule has 2 rings (SSSR count). The maximum absolute atomic E-state index is 12.7. The third kappa shape index (κ3) is 10.7. The molecule has 0 fully saturated rings. The van der Waals surface area contributed by atoms with Crippen molar-refractivity contribution < 1.29 is 28.5 Å². The second-order valence-electron chi connectivity index (χ2n) is 9.26. The van der Waals surface area contributed by atoms with Crippen molar-refractivity contribution in [3.8, 4) is 23.0 Å². The topological polar surface area (TPSA) is 98.4 Å². The molecule has 0 heterocycles. The monoisotopic (exact) mass is 543 g/mol. The summed E-state index contributed by atoms with van der Waals surface area (Å²) in [6, 6.07) is 10.2. The van der Waals surface area contributed by atoms with E-state index < -0.39 is 0 Å². The Balaban J connectivity index is 1.89. The second-order valence-corrected chi connectivity index (χ2v) is 9.26. The Morgan fingerprint density at radius 3 is 1.49 bits per heavy atom. The lowest BCUT2D eigenvalue weighted by atomic mass is 10.1. The fraction of sp³-hybridized carbons (Fsp3) is 0.533. The molecule has 216 valence electrons. The molecule has 0 saturated heterocycles. The van der Waals surface area contributed by atoms with Crippen LogP contribution in [-0.2, 0) is 0 Å². The van der Waals surface area contributed by atoms with E-state index in [1.807, 2.05) is 0 Å². The maximum atomic E-state index is 12.7. The summed E-state index contributed by atoms with van der Waals surface area (Å²) >= 11 is 0. The molecule has 0 radical (unpaired) electrons. The molecular formula is C30H45N3O6. The lowest BCUT2D eigenvalue weighted by molar-refractivity contribution is 0.0947. The van der Waals surface area contributed by atoms with Gasteiger partial charge in [-0.15, -0.1) is 0 Å². The van der Waals surface area contributed by atoms with Crippen molar-refractivity contribution >= 4 is 11.8 Å². The van der Waals surface area contributed by atoms with E-state index in [0.717, 1.165) is 13.0 Å². The Morgan fingerprint density at radius 1 is 0.615 bits per heavy atom. The van der Waals surface area contributed by atoms with E-state index in [1.165, 1.54) is 32.1 Å². The zero-order valence-corrected chi connectivity index (χ0v) is 24.1. The normalized spacial score (nSPS) is 10.7. The summed E-state index contributed by atoms with van der Waals surface area (Å²) in [5.74, 6) is 1.85. The van der Waals surface area contributed by atoms with Crippen LogP contribution in [-0.4, -0.2) is 77.9 Å². The summed E-state index contributed by atoms with van der Waals surface area (Å²) in [6.45, 7) is 5.47. The molecule has 0 unspecified atom stereocenters. The molecule has 2 aromatic rings. The summed E-state index contributed by atoms with van der Waals surface area (Å²) in [4.78, 5) is 27.7. The number of amides is 2. The number of benzene rings is 2. The summed E-state index contributed by atoms with van der Waals surface area (Å²) < 4.78 is 21.1. The van der Waals surface area contributed by atoms with Gasteiger partial charge >= 0.3 is 0 Å². The first-order chi connectivity index (χ1) is 19.0. The highest BCUT2D eigenvalue weighted by Crippen LogP contribution is 2.28. The van der Waals surface area contributed by atoms with E-state index in [-0.39, 0.29) is 11.8 Å². The number of methoxy groups -OCH3 is 4. The van der Waals surface area contributed by atoms with E-state index in [1.54, 1.807) is 64.8 Å². The molecule has 2 aromatic carbocycles. The summed E-state index contributed by atoms with van der Waals surface area (Å²) in [5.41, 5.74) is 1.02. The molecule has 0 aliphatic heterocycles. The van der Waals surface area contributed by atoms with Crippen LogP contribution in [0, 0.1) is 0 Å². The van der Waals surface area contributed by atoms with Gasteiger partial charge in [-0.2, -0.15) is 0 Å². The third-order valence-corrected chi connectivity index (χ3v) is 6.55. The molecule has 2 amide bonds. The van der Waals surface area contributed by atoms with Crippen molar-refractivity contribution in [3.63, 3.8) is 0 Å². The highest BCUT2D eigenvalue weighted by atomic mass is 16.5. The highest BCUT2D eigenvalue weighted by molar-refractivity contribution is 5.95. The van der Waals surface area contributed by atoms with Gasteiger partial charge in [0, 0.05) is 37.3 Å². The Hall–Kier alpha value is -3.46. The fourth-order valence-electron chi connectivity index (χ4n) is 4.27. The third-order valence-electron chi connectivity index (χ3n) is 6.55. The van der Waals surface area contributed by atoms with E-state index in [2.05, 4.69) is 22.5 Å². The average Bonchev–Trinajstić information content (AvgIpc) is 2.97. The lowest BCUT2D eigenvalue weighted by Gasteiger charge is -2.23. The van der Waals surface area contributed by atoms with Crippen molar-refractivity contribution in [2.75, 3.05) is 61.2 Å². The van der Waals surface area contributed by atoms with Gasteiger partial charge < -0.3 is 29.6 Å². The first-order valence-corrected chi connectivity index (χ1v) is 13.7. The molecule has 9 heteroatoms. The number of hydrogen-bond donors (Lipinski definition) is 2. The van der Waals surface area contributed by atoms with Gasteiger partial charge in [-0.3, -0.25) is 14.5 Å². The van der Waals surface area contributed by atoms with Crippen LogP contribution in [0.3, 0.4) is 0 Å². The first-order valence-electron chi connectivity index (χ1n) is 13.7. The van der Waals surface area contributed by atoms with Crippen molar-refractivity contribution in [3.05, 3.63) is 47.5 Å². The second kappa shape index (κ2) is 17.9. The first kappa shape index (κ1) is 31.8. The van der Waals surface area contributed by atoms with Gasteiger partial charge in [0.15, 0.2) is 23.0 Å². The van der Waals surface area contributed by atoms with Crippen LogP contribution in [0.2, 0.25) is 0 Å². The molecule has 2 N–H and O–H groups in total. The average molecular weight is 544 g/mol. The minimum absolute atomic E-state index is 0.169. The predicted octanol–water partition coefficient (Wildman–Crippen LogP) is 4.54. The molecule has 39 heavy (non-hydrogen) atoms. The van der Waals surface area contributed by atoms with Gasteiger partial charge in [0.2, 0.25) is 0 Å². The van der Waals surface area contributed by atoms with E-state index in [0.29, 0.717) is 60.3 Å². The minimum atomic E-state index is -0.169. The highest BCUT2D eigenvalue weighted by Gasteiger charge is 2.13. The largest absolute Gasteiger partial charge is 0.493 e. The number of nitrogens with zero attached hydrogens (tertiary/aromatic N) is 1. The number of rotatable bonds is 19. The summed E-state index contributed by atoms with van der Waals surface area (Å²) in [5, 5.41) is 5.99. The smallest absolute Gasteiger partial charge is 0.251 e. The van der Waals surface area contributed by atoms with E-state index in [4.69, 9.17) is 18.9 Å². The molecule has 9 nitrogen and oxygen atoms in total. The van der Waals surface area contributed by atoms with Gasteiger partial charge in [-0.05, 0) is 49.4 Å². The van der Waals surface area contributed by atoms with Gasteiger partial charge in [0.05, 0.1) is 28.4 Å². The minimum Gasteiger partial charge on any atom is -0.493 e. The van der Waals surface area contributed by atoms with Crippen LogP contribution >= 0.6 is 0 Å². The van der Waals surface area contributed by atoms with Gasteiger partial charge in [0.25, 0.3) is 11.8 Å². The number of hydrogen-bond acceptors (Lipinski definition) is 7. The lowest BCUT2D eigenvalue weighted by Crippen LogP contribution is -2.40. The molecule has 0 bridgehead atoms. The SMILES string of the molecule is CCCCCCCCN(CCNC(=O)c1ccc(OC)c(OC)c1)CCNC(=O)c1ccc(OC)c(OC)c1. The number of carbonyl (C=O) groups is 2. The number of carbonyl (C=O) groups excluding carboxylic acids is 2. The summed E-state index contributed by atoms with van der Waals surface area (Å²) in [7, 11) is 6.21. The molecule has 0 aliphatic carbocycles. The molecule has 0 atom stereocenters. The molecule has 0 saturated carbocycles.